The molecule has 0 bridgehead atoms. The molecular formula is C20H24O2. The van der Waals surface area contributed by atoms with Crippen LogP contribution >= 0.6 is 0 Å². The SMILES string of the molecule is C=CCOc1ccc(C(C)(C)c2ccc(OCC)cc2)cc1. The van der Waals surface area contributed by atoms with Gasteiger partial charge in [-0.3, -0.25) is 0 Å². The first-order valence-electron chi connectivity index (χ1n) is 7.65. The van der Waals surface area contributed by atoms with Gasteiger partial charge in [-0.15, -0.1) is 0 Å². The van der Waals surface area contributed by atoms with Gasteiger partial charge < -0.3 is 9.47 Å². The average Bonchev–Trinajstić information content (AvgIpc) is 2.54. The third-order valence-corrected chi connectivity index (χ3v) is 3.83. The summed E-state index contributed by atoms with van der Waals surface area (Å²) in [5.41, 5.74) is 2.44. The van der Waals surface area contributed by atoms with E-state index in [1.807, 2.05) is 31.2 Å². The molecule has 0 saturated heterocycles. The second-order valence-corrected chi connectivity index (χ2v) is 5.71. The van der Waals surface area contributed by atoms with Crippen LogP contribution in [0, 0.1) is 0 Å². The molecule has 0 heterocycles. The van der Waals surface area contributed by atoms with Crippen molar-refractivity contribution in [1.29, 1.82) is 0 Å². The highest BCUT2D eigenvalue weighted by molar-refractivity contribution is 5.41. The van der Waals surface area contributed by atoms with Crippen molar-refractivity contribution in [3.05, 3.63) is 72.3 Å². The molecule has 2 rings (SSSR count). The van der Waals surface area contributed by atoms with Crippen LogP contribution in [0.25, 0.3) is 0 Å². The lowest BCUT2D eigenvalue weighted by molar-refractivity contribution is 0.340. The summed E-state index contributed by atoms with van der Waals surface area (Å²) in [7, 11) is 0. The number of hydrogen-bond acceptors (Lipinski definition) is 2. The minimum absolute atomic E-state index is 0.0677. The number of rotatable bonds is 7. The predicted octanol–water partition coefficient (Wildman–Crippen LogP) is 4.98. The van der Waals surface area contributed by atoms with Gasteiger partial charge in [-0.2, -0.15) is 0 Å². The molecular weight excluding hydrogens is 272 g/mol. The highest BCUT2D eigenvalue weighted by Crippen LogP contribution is 2.33. The third kappa shape index (κ3) is 3.70. The molecule has 0 aromatic heterocycles. The fourth-order valence-electron chi connectivity index (χ4n) is 2.42. The monoisotopic (exact) mass is 296 g/mol. The van der Waals surface area contributed by atoms with E-state index in [-0.39, 0.29) is 5.41 Å². The summed E-state index contributed by atoms with van der Waals surface area (Å²) in [6.45, 7) is 11.3. The van der Waals surface area contributed by atoms with E-state index in [1.54, 1.807) is 6.08 Å². The topological polar surface area (TPSA) is 18.5 Å². The van der Waals surface area contributed by atoms with Gasteiger partial charge in [0.15, 0.2) is 0 Å². The van der Waals surface area contributed by atoms with E-state index in [4.69, 9.17) is 9.47 Å². The summed E-state index contributed by atoms with van der Waals surface area (Å²) in [5, 5.41) is 0. The third-order valence-electron chi connectivity index (χ3n) is 3.83. The maximum atomic E-state index is 5.54. The van der Waals surface area contributed by atoms with Gasteiger partial charge in [0.2, 0.25) is 0 Å². The minimum Gasteiger partial charge on any atom is -0.494 e. The van der Waals surface area contributed by atoms with Gasteiger partial charge in [0.25, 0.3) is 0 Å². The molecule has 0 N–H and O–H groups in total. The molecule has 2 heteroatoms. The molecule has 116 valence electrons. The Morgan fingerprint density at radius 2 is 1.32 bits per heavy atom. The summed E-state index contributed by atoms with van der Waals surface area (Å²) in [5.74, 6) is 1.78. The Bertz CT molecular complexity index is 595. The number of hydrogen-bond donors (Lipinski definition) is 0. The van der Waals surface area contributed by atoms with Gasteiger partial charge in [0.05, 0.1) is 6.61 Å². The normalized spacial score (nSPS) is 11.0. The lowest BCUT2D eigenvalue weighted by Gasteiger charge is -2.26. The zero-order valence-electron chi connectivity index (χ0n) is 13.6. The highest BCUT2D eigenvalue weighted by atomic mass is 16.5. The molecule has 0 unspecified atom stereocenters. The van der Waals surface area contributed by atoms with Crippen LogP contribution in [-0.2, 0) is 5.41 Å². The van der Waals surface area contributed by atoms with Crippen molar-refractivity contribution in [2.45, 2.75) is 26.2 Å². The molecule has 22 heavy (non-hydrogen) atoms. The van der Waals surface area contributed by atoms with E-state index in [0.29, 0.717) is 13.2 Å². The molecule has 2 aromatic carbocycles. The molecule has 0 saturated carbocycles. The molecule has 0 fully saturated rings. The zero-order chi connectivity index (χ0) is 16.0. The Morgan fingerprint density at radius 1 is 0.864 bits per heavy atom. The Labute approximate surface area is 133 Å². The van der Waals surface area contributed by atoms with Crippen LogP contribution < -0.4 is 9.47 Å². The van der Waals surface area contributed by atoms with Crippen LogP contribution in [0.15, 0.2) is 61.2 Å². The van der Waals surface area contributed by atoms with E-state index < -0.39 is 0 Å². The van der Waals surface area contributed by atoms with Gasteiger partial charge in [-0.05, 0) is 42.3 Å². The summed E-state index contributed by atoms with van der Waals surface area (Å²) in [6.07, 6.45) is 1.75. The maximum Gasteiger partial charge on any atom is 0.119 e. The van der Waals surface area contributed by atoms with E-state index in [9.17, 15) is 0 Å². The van der Waals surface area contributed by atoms with Gasteiger partial charge in [-0.1, -0.05) is 50.8 Å². The van der Waals surface area contributed by atoms with Crippen molar-refractivity contribution in [3.8, 4) is 11.5 Å². The standard InChI is InChI=1S/C20H24O2/c1-5-15-22-19-13-9-17(10-14-19)20(3,4)16-7-11-18(12-8-16)21-6-2/h5,7-14H,1,6,15H2,2-4H3. The molecule has 0 aliphatic heterocycles. The molecule has 0 atom stereocenters. The Hall–Kier alpha value is -2.22. The van der Waals surface area contributed by atoms with E-state index in [2.05, 4.69) is 44.7 Å². The van der Waals surface area contributed by atoms with E-state index >= 15 is 0 Å². The van der Waals surface area contributed by atoms with Crippen molar-refractivity contribution < 1.29 is 9.47 Å². The van der Waals surface area contributed by atoms with Gasteiger partial charge in [-0.25, -0.2) is 0 Å². The fraction of sp³-hybridized carbons (Fsp3) is 0.300. The van der Waals surface area contributed by atoms with Gasteiger partial charge >= 0.3 is 0 Å². The van der Waals surface area contributed by atoms with Crippen LogP contribution in [0.4, 0.5) is 0 Å². The second kappa shape index (κ2) is 7.17. The lowest BCUT2D eigenvalue weighted by atomic mass is 9.78. The largest absolute Gasteiger partial charge is 0.494 e. The number of ether oxygens (including phenoxy) is 2. The molecule has 0 aliphatic carbocycles. The molecule has 2 aromatic rings. The van der Waals surface area contributed by atoms with Gasteiger partial charge in [0, 0.05) is 5.41 Å². The highest BCUT2D eigenvalue weighted by Gasteiger charge is 2.23. The van der Waals surface area contributed by atoms with Gasteiger partial charge in [0.1, 0.15) is 18.1 Å². The Morgan fingerprint density at radius 3 is 1.73 bits per heavy atom. The molecule has 0 amide bonds. The average molecular weight is 296 g/mol. The molecule has 0 spiro atoms. The van der Waals surface area contributed by atoms with Crippen molar-refractivity contribution in [3.63, 3.8) is 0 Å². The summed E-state index contributed by atoms with van der Waals surface area (Å²) in [6, 6.07) is 16.6. The first-order chi connectivity index (χ1) is 10.6. The van der Waals surface area contributed by atoms with Crippen LogP contribution in [0.2, 0.25) is 0 Å². The van der Waals surface area contributed by atoms with E-state index in [0.717, 1.165) is 11.5 Å². The molecule has 0 radical (unpaired) electrons. The summed E-state index contributed by atoms with van der Waals surface area (Å²) >= 11 is 0. The predicted molar refractivity (Wildman–Crippen MR) is 91.9 cm³/mol. The van der Waals surface area contributed by atoms with Crippen molar-refractivity contribution in [2.24, 2.45) is 0 Å². The van der Waals surface area contributed by atoms with Crippen molar-refractivity contribution in [1.82, 2.24) is 0 Å². The van der Waals surface area contributed by atoms with Crippen LogP contribution in [0.3, 0.4) is 0 Å². The molecule has 0 aliphatic rings. The van der Waals surface area contributed by atoms with Crippen LogP contribution in [0.1, 0.15) is 31.9 Å². The Kier molecular flexibility index (Phi) is 5.26. The molecule has 2 nitrogen and oxygen atoms in total. The number of benzene rings is 2. The minimum atomic E-state index is -0.0677. The lowest BCUT2D eigenvalue weighted by Crippen LogP contribution is -2.18. The van der Waals surface area contributed by atoms with Crippen molar-refractivity contribution >= 4 is 0 Å². The second-order valence-electron chi connectivity index (χ2n) is 5.71. The van der Waals surface area contributed by atoms with E-state index in [1.165, 1.54) is 11.1 Å². The first-order valence-corrected chi connectivity index (χ1v) is 7.65. The summed E-state index contributed by atoms with van der Waals surface area (Å²) in [4.78, 5) is 0. The van der Waals surface area contributed by atoms with Crippen molar-refractivity contribution in [2.75, 3.05) is 13.2 Å². The first kappa shape index (κ1) is 16.2. The maximum absolute atomic E-state index is 5.54. The van der Waals surface area contributed by atoms with Crippen LogP contribution in [-0.4, -0.2) is 13.2 Å². The zero-order valence-corrected chi connectivity index (χ0v) is 13.6. The smallest absolute Gasteiger partial charge is 0.119 e. The fourth-order valence-corrected chi connectivity index (χ4v) is 2.42. The summed E-state index contributed by atoms with van der Waals surface area (Å²) < 4.78 is 11.0. The quantitative estimate of drug-likeness (QED) is 0.671. The van der Waals surface area contributed by atoms with Crippen LogP contribution in [0.5, 0.6) is 11.5 Å². The Balaban J connectivity index is 2.19.